The van der Waals surface area contributed by atoms with Crippen molar-refractivity contribution in [3.05, 3.63) is 23.5 Å². The van der Waals surface area contributed by atoms with Crippen molar-refractivity contribution in [3.8, 4) is 0 Å². The molecule has 3 N–H and O–H groups in total. The van der Waals surface area contributed by atoms with E-state index in [0.717, 1.165) is 22.4 Å². The summed E-state index contributed by atoms with van der Waals surface area (Å²) in [6, 6.07) is 2.51. The maximum absolute atomic E-state index is 10.2. The van der Waals surface area contributed by atoms with Crippen molar-refractivity contribution in [1.82, 2.24) is 14.5 Å². The highest BCUT2D eigenvalue weighted by Crippen LogP contribution is 2.37. The molecule has 0 aliphatic heterocycles. The van der Waals surface area contributed by atoms with Gasteiger partial charge in [0.05, 0.1) is 21.9 Å². The van der Waals surface area contributed by atoms with Gasteiger partial charge in [0.2, 0.25) is 0 Å². The third-order valence-corrected chi connectivity index (χ3v) is 5.37. The van der Waals surface area contributed by atoms with E-state index < -0.39 is 6.10 Å². The molecule has 4 rings (SSSR count). The molecule has 5 nitrogen and oxygen atoms in total. The molecule has 1 atom stereocenters. The van der Waals surface area contributed by atoms with Crippen LogP contribution in [0.25, 0.3) is 21.3 Å². The van der Waals surface area contributed by atoms with E-state index in [0.29, 0.717) is 6.04 Å². The Morgan fingerprint density at radius 3 is 2.70 bits per heavy atom. The summed E-state index contributed by atoms with van der Waals surface area (Å²) in [5.74, 6) is 0.791. The molecule has 124 valence electrons. The highest BCUT2D eigenvalue weighted by Gasteiger charge is 2.25. The number of thiophene rings is 1. The fraction of sp³-hybridized carbons (Fsp3) is 0.529. The Labute approximate surface area is 140 Å². The molecule has 0 spiro atoms. The smallest absolute Gasteiger partial charge is 0.138 e. The number of aliphatic hydroxyl groups excluding tert-OH is 1. The van der Waals surface area contributed by atoms with Gasteiger partial charge >= 0.3 is 0 Å². The zero-order valence-corrected chi connectivity index (χ0v) is 14.5. The third kappa shape index (κ3) is 2.86. The predicted molar refractivity (Wildman–Crippen MR) is 95.8 cm³/mol. The Bertz CT molecular complexity index is 786. The molecule has 1 saturated carbocycles. The van der Waals surface area contributed by atoms with E-state index in [9.17, 15) is 5.11 Å². The van der Waals surface area contributed by atoms with Crippen molar-refractivity contribution >= 4 is 32.6 Å². The zero-order valence-electron chi connectivity index (χ0n) is 13.7. The van der Waals surface area contributed by atoms with Gasteiger partial charge in [-0.15, -0.1) is 11.3 Å². The van der Waals surface area contributed by atoms with Gasteiger partial charge in [-0.05, 0) is 38.3 Å². The highest BCUT2D eigenvalue weighted by molar-refractivity contribution is 7.18. The first-order valence-corrected chi connectivity index (χ1v) is 9.13. The summed E-state index contributed by atoms with van der Waals surface area (Å²) in [7, 11) is 1.50. The molecule has 3 aromatic rings. The normalized spacial score (nSPS) is 17.2. The molecule has 0 aromatic carbocycles. The van der Waals surface area contributed by atoms with Crippen LogP contribution in [0.4, 0.5) is 0 Å². The number of nitrogens with zero attached hydrogens (tertiary/aromatic N) is 3. The van der Waals surface area contributed by atoms with Crippen LogP contribution in [-0.4, -0.2) is 26.7 Å². The van der Waals surface area contributed by atoms with Crippen molar-refractivity contribution in [2.45, 2.75) is 51.2 Å². The van der Waals surface area contributed by atoms with E-state index in [1.807, 2.05) is 6.20 Å². The van der Waals surface area contributed by atoms with E-state index in [1.54, 1.807) is 18.3 Å². The van der Waals surface area contributed by atoms with Gasteiger partial charge in [-0.3, -0.25) is 4.98 Å². The van der Waals surface area contributed by atoms with Crippen LogP contribution in [0.1, 0.15) is 57.0 Å². The Morgan fingerprint density at radius 1 is 1.26 bits per heavy atom. The number of aromatic nitrogens is 3. The summed E-state index contributed by atoms with van der Waals surface area (Å²) < 4.78 is 3.50. The van der Waals surface area contributed by atoms with E-state index in [2.05, 4.69) is 31.7 Å². The molecule has 1 unspecified atom stereocenters. The molecule has 0 amide bonds. The Hall–Kier alpha value is -1.50. The van der Waals surface area contributed by atoms with Gasteiger partial charge in [-0.2, -0.15) is 0 Å². The molecule has 3 aromatic heterocycles. The summed E-state index contributed by atoms with van der Waals surface area (Å²) in [5.41, 5.74) is 7.60. The first kappa shape index (κ1) is 16.4. The van der Waals surface area contributed by atoms with Crippen molar-refractivity contribution in [1.29, 1.82) is 0 Å². The number of nitrogens with two attached hydrogens (primary N) is 1. The van der Waals surface area contributed by atoms with Crippen molar-refractivity contribution in [3.63, 3.8) is 0 Å². The first-order chi connectivity index (χ1) is 11.3. The van der Waals surface area contributed by atoms with E-state index in [-0.39, 0.29) is 0 Å². The van der Waals surface area contributed by atoms with Crippen molar-refractivity contribution in [2.24, 2.45) is 5.73 Å². The van der Waals surface area contributed by atoms with Gasteiger partial charge in [-0.25, -0.2) is 4.98 Å². The molecule has 0 saturated heterocycles. The number of hydrogen-bond acceptors (Lipinski definition) is 5. The Balaban J connectivity index is 0.000000753. The molecule has 1 aliphatic carbocycles. The van der Waals surface area contributed by atoms with Gasteiger partial charge in [-0.1, -0.05) is 19.3 Å². The van der Waals surface area contributed by atoms with Gasteiger partial charge in [0.25, 0.3) is 0 Å². The molecule has 1 fully saturated rings. The number of hydrogen-bond donors (Lipinski definition) is 2. The second-order valence-corrected chi connectivity index (χ2v) is 6.85. The largest absolute Gasteiger partial charge is 0.385 e. The molecule has 23 heavy (non-hydrogen) atoms. The number of rotatable bonds is 2. The van der Waals surface area contributed by atoms with Crippen LogP contribution in [0.5, 0.6) is 0 Å². The van der Waals surface area contributed by atoms with Crippen LogP contribution in [-0.2, 0) is 0 Å². The minimum absolute atomic E-state index is 0.459. The van der Waals surface area contributed by atoms with E-state index in [1.165, 1.54) is 43.9 Å². The average Bonchev–Trinajstić information content (AvgIpc) is 3.21. The summed E-state index contributed by atoms with van der Waals surface area (Å²) >= 11 is 1.72. The molecule has 0 radical (unpaired) electrons. The van der Waals surface area contributed by atoms with E-state index >= 15 is 0 Å². The van der Waals surface area contributed by atoms with Gasteiger partial charge < -0.3 is 15.4 Å². The number of imidazole rings is 1. The second-order valence-electron chi connectivity index (χ2n) is 5.93. The SMILES string of the molecule is CC(O)c1nc2cnc3ccsc3c2n1C1CCCCC1.CN. The standard InChI is InChI=1S/C16H19N3OS.CH5N/c1-10(20)16-18-13-9-17-12-7-8-21-15(12)14(13)19(16)11-5-3-2-4-6-11;1-2/h7-11,20H,2-6H2,1H3;2H2,1H3. The Kier molecular flexibility index (Phi) is 4.94. The summed E-state index contributed by atoms with van der Waals surface area (Å²) in [4.78, 5) is 9.16. The molecule has 3 heterocycles. The van der Waals surface area contributed by atoms with Crippen LogP contribution in [0.2, 0.25) is 0 Å². The average molecular weight is 332 g/mol. The summed E-state index contributed by atoms with van der Waals surface area (Å²) in [6.07, 6.45) is 7.51. The van der Waals surface area contributed by atoms with Crippen LogP contribution in [0.15, 0.2) is 17.6 Å². The maximum Gasteiger partial charge on any atom is 0.138 e. The first-order valence-electron chi connectivity index (χ1n) is 8.25. The van der Waals surface area contributed by atoms with Crippen LogP contribution < -0.4 is 5.73 Å². The Morgan fingerprint density at radius 2 is 2.00 bits per heavy atom. The quantitative estimate of drug-likeness (QED) is 0.749. The lowest BCUT2D eigenvalue weighted by Crippen LogP contribution is -2.16. The van der Waals surface area contributed by atoms with Crippen molar-refractivity contribution < 1.29 is 5.11 Å². The fourth-order valence-corrected chi connectivity index (χ4v) is 4.39. The van der Waals surface area contributed by atoms with Gasteiger partial charge in [0.1, 0.15) is 17.4 Å². The summed E-state index contributed by atoms with van der Waals surface area (Å²) in [5, 5.41) is 12.2. The van der Waals surface area contributed by atoms with Gasteiger partial charge in [0, 0.05) is 6.04 Å². The van der Waals surface area contributed by atoms with Crippen LogP contribution >= 0.6 is 11.3 Å². The second kappa shape index (κ2) is 6.95. The monoisotopic (exact) mass is 332 g/mol. The number of pyridine rings is 1. The highest BCUT2D eigenvalue weighted by atomic mass is 32.1. The minimum Gasteiger partial charge on any atom is -0.385 e. The molecule has 0 bridgehead atoms. The zero-order chi connectivity index (χ0) is 16.4. The van der Waals surface area contributed by atoms with E-state index in [4.69, 9.17) is 0 Å². The fourth-order valence-electron chi connectivity index (χ4n) is 3.50. The number of fused-ring (bicyclic) bond motifs is 3. The lowest BCUT2D eigenvalue weighted by atomic mass is 9.95. The van der Waals surface area contributed by atoms with Crippen LogP contribution in [0, 0.1) is 0 Å². The lowest BCUT2D eigenvalue weighted by molar-refractivity contribution is 0.178. The number of aliphatic hydroxyl groups is 1. The molecule has 1 aliphatic rings. The minimum atomic E-state index is -0.547. The topological polar surface area (TPSA) is 77.0 Å². The summed E-state index contributed by atoms with van der Waals surface area (Å²) in [6.45, 7) is 1.81. The van der Waals surface area contributed by atoms with Crippen molar-refractivity contribution in [2.75, 3.05) is 7.05 Å². The molecular formula is C17H24N4OS. The lowest BCUT2D eigenvalue weighted by Gasteiger charge is -2.26. The predicted octanol–water partition coefficient (Wildman–Crippen LogP) is 3.78. The van der Waals surface area contributed by atoms with Crippen LogP contribution in [0.3, 0.4) is 0 Å². The third-order valence-electron chi connectivity index (χ3n) is 4.46. The maximum atomic E-state index is 10.2. The molecular weight excluding hydrogens is 308 g/mol. The van der Waals surface area contributed by atoms with Gasteiger partial charge in [0.15, 0.2) is 0 Å². The molecule has 6 heteroatoms.